The average molecular weight is 250 g/mol. The Hall–Kier alpha value is -1.46. The number of ether oxygens (including phenoxy) is 1. The molecule has 1 fully saturated rings. The number of pyridine rings is 1. The van der Waals surface area contributed by atoms with Crippen molar-refractivity contribution in [3.63, 3.8) is 0 Å². The third-order valence-electron chi connectivity index (χ3n) is 3.22. The van der Waals surface area contributed by atoms with Crippen LogP contribution < -0.4 is 0 Å². The van der Waals surface area contributed by atoms with Crippen LogP contribution in [-0.2, 0) is 4.74 Å². The Morgan fingerprint density at radius 2 is 2.22 bits per heavy atom. The first kappa shape index (κ1) is 13.0. The highest BCUT2D eigenvalue weighted by atomic mass is 16.5. The molecule has 0 spiro atoms. The lowest BCUT2D eigenvalue weighted by molar-refractivity contribution is 0.00896. The second-order valence-electron chi connectivity index (χ2n) is 4.52. The number of carbonyl (C=O) groups is 1. The van der Waals surface area contributed by atoms with Crippen molar-refractivity contribution in [2.45, 2.75) is 12.8 Å². The van der Waals surface area contributed by atoms with E-state index in [0.29, 0.717) is 18.3 Å². The van der Waals surface area contributed by atoms with Gasteiger partial charge in [-0.2, -0.15) is 0 Å². The summed E-state index contributed by atoms with van der Waals surface area (Å²) in [6.45, 7) is 2.27. The number of hydrogen-bond donors (Lipinski definition) is 1. The van der Waals surface area contributed by atoms with Gasteiger partial charge in [-0.15, -0.1) is 0 Å². The van der Waals surface area contributed by atoms with Gasteiger partial charge in [0.05, 0.1) is 0 Å². The van der Waals surface area contributed by atoms with Crippen LogP contribution in [0.25, 0.3) is 0 Å². The van der Waals surface area contributed by atoms with Crippen LogP contribution >= 0.6 is 0 Å². The van der Waals surface area contributed by atoms with Crippen molar-refractivity contribution in [1.82, 2.24) is 9.88 Å². The molecule has 0 unspecified atom stereocenters. The monoisotopic (exact) mass is 250 g/mol. The summed E-state index contributed by atoms with van der Waals surface area (Å²) in [6.07, 6.45) is 3.48. The minimum Gasteiger partial charge on any atom is -0.445 e. The molecule has 0 radical (unpaired) electrons. The number of nitrogens with zero attached hydrogens (tertiary/aromatic N) is 2. The number of aromatic nitrogens is 1. The molecule has 1 aromatic rings. The second kappa shape index (κ2) is 6.47. The Labute approximate surface area is 106 Å². The van der Waals surface area contributed by atoms with E-state index in [4.69, 9.17) is 9.84 Å². The molecule has 0 atom stereocenters. The highest BCUT2D eigenvalue weighted by Crippen LogP contribution is 2.16. The summed E-state index contributed by atoms with van der Waals surface area (Å²) in [5.74, 6) is 0.00706. The quantitative estimate of drug-likeness (QED) is 0.804. The van der Waals surface area contributed by atoms with E-state index in [9.17, 15) is 4.79 Å². The Morgan fingerprint density at radius 3 is 2.83 bits per heavy atom. The number of likely N-dealkylation sites (tertiary alicyclic amines) is 1. The Morgan fingerprint density at radius 1 is 1.44 bits per heavy atom. The van der Waals surface area contributed by atoms with E-state index in [0.717, 1.165) is 25.9 Å². The number of rotatable bonds is 4. The summed E-state index contributed by atoms with van der Waals surface area (Å²) in [5.41, 5.74) is 0.336. The molecule has 1 saturated heterocycles. The average Bonchev–Trinajstić information content (AvgIpc) is 2.46. The Balaban J connectivity index is 1.74. The molecule has 5 heteroatoms. The van der Waals surface area contributed by atoms with Crippen LogP contribution in [-0.4, -0.2) is 47.4 Å². The largest absolute Gasteiger partial charge is 0.445 e. The molecule has 1 aliphatic heterocycles. The molecule has 0 aliphatic carbocycles. The lowest BCUT2D eigenvalue weighted by atomic mass is 9.98. The van der Waals surface area contributed by atoms with Crippen LogP contribution in [0.2, 0.25) is 0 Å². The van der Waals surface area contributed by atoms with Gasteiger partial charge in [0.15, 0.2) is 0 Å². The summed E-state index contributed by atoms with van der Waals surface area (Å²) >= 11 is 0. The number of aliphatic hydroxyl groups is 1. The molecule has 1 aromatic heterocycles. The molecule has 0 amide bonds. The van der Waals surface area contributed by atoms with Crippen LogP contribution in [0.3, 0.4) is 0 Å². The van der Waals surface area contributed by atoms with Crippen molar-refractivity contribution in [3.8, 4) is 0 Å². The molecular weight excluding hydrogens is 232 g/mol. The second-order valence-corrected chi connectivity index (χ2v) is 4.52. The molecule has 1 aliphatic rings. The maximum Gasteiger partial charge on any atom is 0.358 e. The van der Waals surface area contributed by atoms with Gasteiger partial charge in [-0.3, -0.25) is 4.90 Å². The van der Waals surface area contributed by atoms with Gasteiger partial charge in [0.2, 0.25) is 0 Å². The van der Waals surface area contributed by atoms with Gasteiger partial charge >= 0.3 is 5.97 Å². The molecule has 18 heavy (non-hydrogen) atoms. The Bertz CT molecular complexity index is 375. The van der Waals surface area contributed by atoms with E-state index in [-0.39, 0.29) is 12.6 Å². The predicted octanol–water partition coefficient (Wildman–Crippen LogP) is 0.900. The van der Waals surface area contributed by atoms with Gasteiger partial charge in [-0.25, -0.2) is 9.78 Å². The third kappa shape index (κ3) is 3.51. The number of piperidine rings is 1. The summed E-state index contributed by atoms with van der Waals surface area (Å²) in [5, 5.41) is 9.03. The van der Waals surface area contributed by atoms with Crippen molar-refractivity contribution >= 4 is 5.97 Å². The number of carbonyl (C=O) groups excluding carboxylic acids is 1. The van der Waals surface area contributed by atoms with Crippen LogP contribution in [0.4, 0.5) is 0 Å². The molecule has 5 nitrogen and oxygen atoms in total. The molecule has 0 bridgehead atoms. The predicted molar refractivity (Wildman–Crippen MR) is 65.9 cm³/mol. The van der Waals surface area contributed by atoms with Crippen LogP contribution in [0.5, 0.6) is 0 Å². The van der Waals surface area contributed by atoms with Gasteiger partial charge in [-0.05, 0) is 30.9 Å². The lowest BCUT2D eigenvalue weighted by Crippen LogP contribution is -2.37. The number of esters is 1. The topological polar surface area (TPSA) is 62.7 Å². The summed E-state index contributed by atoms with van der Waals surface area (Å²) in [6, 6.07) is 5.16. The lowest BCUT2D eigenvalue weighted by Gasteiger charge is -2.30. The smallest absolute Gasteiger partial charge is 0.358 e. The first-order chi connectivity index (χ1) is 8.79. The van der Waals surface area contributed by atoms with E-state index >= 15 is 0 Å². The van der Waals surface area contributed by atoms with Crippen molar-refractivity contribution in [1.29, 1.82) is 0 Å². The van der Waals surface area contributed by atoms with E-state index in [2.05, 4.69) is 9.88 Å². The fourth-order valence-corrected chi connectivity index (χ4v) is 2.01. The van der Waals surface area contributed by atoms with Gasteiger partial charge < -0.3 is 9.84 Å². The van der Waals surface area contributed by atoms with Gasteiger partial charge in [0.25, 0.3) is 0 Å². The van der Waals surface area contributed by atoms with Crippen molar-refractivity contribution in [2.75, 3.05) is 26.4 Å². The molecule has 0 aromatic carbocycles. The van der Waals surface area contributed by atoms with E-state index in [1.54, 1.807) is 24.4 Å². The molecule has 2 heterocycles. The highest BCUT2D eigenvalue weighted by molar-refractivity contribution is 5.86. The van der Waals surface area contributed by atoms with Crippen LogP contribution in [0, 0.1) is 5.92 Å². The summed E-state index contributed by atoms with van der Waals surface area (Å²) in [4.78, 5) is 17.7. The highest BCUT2D eigenvalue weighted by Gasteiger charge is 2.19. The molecular formula is C13H18N2O3. The molecule has 0 saturated carbocycles. The fraction of sp³-hybridized carbons (Fsp3) is 0.538. The fourth-order valence-electron chi connectivity index (χ4n) is 2.01. The normalized spacial score (nSPS) is 17.6. The van der Waals surface area contributed by atoms with Crippen LogP contribution in [0.15, 0.2) is 24.4 Å². The zero-order valence-electron chi connectivity index (χ0n) is 10.3. The molecule has 2 rings (SSSR count). The summed E-state index contributed by atoms with van der Waals surface area (Å²) in [7, 11) is 0. The first-order valence-corrected chi connectivity index (χ1v) is 6.21. The van der Waals surface area contributed by atoms with Crippen molar-refractivity contribution < 1.29 is 14.6 Å². The standard InChI is InChI=1S/C13H18N2O3/c16-9-11-4-7-15(8-5-11)10-18-13(17)12-3-1-2-6-14-12/h1-3,6,11,16H,4-5,7-10H2. The maximum atomic E-state index is 11.7. The number of aliphatic hydroxyl groups excluding tert-OH is 1. The van der Waals surface area contributed by atoms with Crippen molar-refractivity contribution in [2.24, 2.45) is 5.92 Å². The zero-order chi connectivity index (χ0) is 12.8. The molecule has 98 valence electrons. The van der Waals surface area contributed by atoms with Gasteiger partial charge in [0.1, 0.15) is 12.4 Å². The Kier molecular flexibility index (Phi) is 4.66. The van der Waals surface area contributed by atoms with E-state index < -0.39 is 0 Å². The van der Waals surface area contributed by atoms with Gasteiger partial charge in [-0.1, -0.05) is 6.07 Å². The molecule has 1 N–H and O–H groups in total. The van der Waals surface area contributed by atoms with Crippen molar-refractivity contribution in [3.05, 3.63) is 30.1 Å². The zero-order valence-corrected chi connectivity index (χ0v) is 10.3. The van der Waals surface area contributed by atoms with E-state index in [1.165, 1.54) is 0 Å². The third-order valence-corrected chi connectivity index (χ3v) is 3.22. The summed E-state index contributed by atoms with van der Waals surface area (Å²) < 4.78 is 5.20. The minimum absolute atomic E-state index is 0.252. The minimum atomic E-state index is -0.389. The number of hydrogen-bond acceptors (Lipinski definition) is 5. The first-order valence-electron chi connectivity index (χ1n) is 6.21. The van der Waals surface area contributed by atoms with Crippen LogP contribution in [0.1, 0.15) is 23.3 Å². The maximum absolute atomic E-state index is 11.7. The SMILES string of the molecule is O=C(OCN1CCC(CO)CC1)c1ccccn1. The van der Waals surface area contributed by atoms with E-state index in [1.807, 2.05) is 0 Å². The van der Waals surface area contributed by atoms with Gasteiger partial charge in [0, 0.05) is 25.9 Å².